The second-order valence-electron chi connectivity index (χ2n) is 7.32. The van der Waals surface area contributed by atoms with E-state index < -0.39 is 0 Å². The molecule has 3 aromatic rings. The van der Waals surface area contributed by atoms with Crippen molar-refractivity contribution in [2.24, 2.45) is 14.1 Å². The van der Waals surface area contributed by atoms with Gasteiger partial charge in [-0.05, 0) is 32.3 Å². The van der Waals surface area contributed by atoms with Crippen molar-refractivity contribution in [3.8, 4) is 0 Å². The Bertz CT molecular complexity index is 1160. The SMILES string of the molecule is Cc1ccnc(SCCn2c(N3CCCCC3)nc3c2c(=O)n(C)c(=O)n3C)n1. The largest absolute Gasteiger partial charge is 0.342 e. The second kappa shape index (κ2) is 8.02. The van der Waals surface area contributed by atoms with Crippen LogP contribution in [-0.4, -0.2) is 47.5 Å². The molecule has 0 bridgehead atoms. The van der Waals surface area contributed by atoms with Crippen LogP contribution in [0.25, 0.3) is 11.2 Å². The van der Waals surface area contributed by atoms with Crippen molar-refractivity contribution >= 4 is 28.9 Å². The number of aryl methyl sites for hydroxylation is 3. The summed E-state index contributed by atoms with van der Waals surface area (Å²) in [4.78, 5) is 41.0. The van der Waals surface area contributed by atoms with Gasteiger partial charge in [0.1, 0.15) is 0 Å². The first-order valence-corrected chi connectivity index (χ1v) is 10.8. The van der Waals surface area contributed by atoms with Crippen molar-refractivity contribution < 1.29 is 0 Å². The summed E-state index contributed by atoms with van der Waals surface area (Å²) in [6.45, 7) is 4.34. The molecule has 0 aromatic carbocycles. The van der Waals surface area contributed by atoms with E-state index in [9.17, 15) is 9.59 Å². The zero-order valence-electron chi connectivity index (χ0n) is 17.0. The third-order valence-corrected chi connectivity index (χ3v) is 6.13. The van der Waals surface area contributed by atoms with Crippen LogP contribution in [-0.2, 0) is 20.6 Å². The molecule has 0 atom stereocenters. The molecule has 3 aromatic heterocycles. The first kappa shape index (κ1) is 19.7. The molecule has 0 radical (unpaired) electrons. The third kappa shape index (κ3) is 3.68. The molecule has 1 aliphatic rings. The van der Waals surface area contributed by atoms with Gasteiger partial charge in [0.2, 0.25) is 5.95 Å². The van der Waals surface area contributed by atoms with Crippen LogP contribution in [0.1, 0.15) is 25.0 Å². The molecule has 10 heteroatoms. The van der Waals surface area contributed by atoms with Gasteiger partial charge in [0.15, 0.2) is 16.3 Å². The van der Waals surface area contributed by atoms with E-state index >= 15 is 0 Å². The Kier molecular flexibility index (Phi) is 5.44. The van der Waals surface area contributed by atoms with Crippen LogP contribution >= 0.6 is 11.8 Å². The Hall–Kier alpha value is -2.62. The summed E-state index contributed by atoms with van der Waals surface area (Å²) in [5.41, 5.74) is 1.17. The number of aromatic nitrogens is 6. The monoisotopic (exact) mass is 415 g/mol. The Morgan fingerprint density at radius 2 is 1.83 bits per heavy atom. The van der Waals surface area contributed by atoms with Gasteiger partial charge < -0.3 is 9.47 Å². The van der Waals surface area contributed by atoms with Gasteiger partial charge in [-0.15, -0.1) is 0 Å². The lowest BCUT2D eigenvalue weighted by Crippen LogP contribution is -2.37. The summed E-state index contributed by atoms with van der Waals surface area (Å²) in [5, 5.41) is 0.717. The molecule has 154 valence electrons. The van der Waals surface area contributed by atoms with Gasteiger partial charge in [-0.3, -0.25) is 13.9 Å². The maximum absolute atomic E-state index is 12.9. The lowest BCUT2D eigenvalue weighted by atomic mass is 10.1. The predicted molar refractivity (Wildman–Crippen MR) is 114 cm³/mol. The molecule has 1 aliphatic heterocycles. The number of hydrogen-bond donors (Lipinski definition) is 0. The first-order chi connectivity index (χ1) is 14.0. The standard InChI is InChI=1S/C19H25N7O2S/c1-13-7-8-20-17(21-13)29-12-11-26-14-15(23(2)19(28)24(3)16(14)27)22-18(26)25-9-5-4-6-10-25/h7-8H,4-6,9-12H2,1-3H3. The highest BCUT2D eigenvalue weighted by atomic mass is 32.2. The normalized spacial score (nSPS) is 14.7. The molecule has 0 spiro atoms. The number of fused-ring (bicyclic) bond motifs is 1. The van der Waals surface area contributed by atoms with Gasteiger partial charge in [0.25, 0.3) is 5.56 Å². The highest BCUT2D eigenvalue weighted by molar-refractivity contribution is 7.99. The van der Waals surface area contributed by atoms with Crippen molar-refractivity contribution in [3.05, 3.63) is 38.8 Å². The summed E-state index contributed by atoms with van der Waals surface area (Å²) in [5.74, 6) is 1.46. The molecule has 1 fully saturated rings. The van der Waals surface area contributed by atoms with Crippen LogP contribution in [0, 0.1) is 6.92 Å². The molecule has 0 amide bonds. The van der Waals surface area contributed by atoms with Crippen LogP contribution in [0.2, 0.25) is 0 Å². The maximum atomic E-state index is 12.9. The fourth-order valence-corrected chi connectivity index (χ4v) is 4.51. The summed E-state index contributed by atoms with van der Waals surface area (Å²) in [7, 11) is 3.17. The van der Waals surface area contributed by atoms with Gasteiger partial charge in [0.05, 0.1) is 0 Å². The van der Waals surface area contributed by atoms with Crippen molar-refractivity contribution in [3.63, 3.8) is 0 Å². The summed E-state index contributed by atoms with van der Waals surface area (Å²) >= 11 is 1.55. The van der Waals surface area contributed by atoms with E-state index in [-0.39, 0.29) is 11.2 Å². The lowest BCUT2D eigenvalue weighted by Gasteiger charge is -2.28. The van der Waals surface area contributed by atoms with Gasteiger partial charge in [-0.2, -0.15) is 4.98 Å². The first-order valence-electron chi connectivity index (χ1n) is 9.81. The summed E-state index contributed by atoms with van der Waals surface area (Å²) < 4.78 is 4.57. The number of thioether (sulfide) groups is 1. The van der Waals surface area contributed by atoms with E-state index in [2.05, 4.69) is 14.9 Å². The fourth-order valence-electron chi connectivity index (χ4n) is 3.71. The van der Waals surface area contributed by atoms with Gasteiger partial charge in [-0.1, -0.05) is 11.8 Å². The van der Waals surface area contributed by atoms with E-state index in [0.717, 1.165) is 42.1 Å². The molecular formula is C19H25N7O2S. The number of piperidine rings is 1. The third-order valence-electron chi connectivity index (χ3n) is 5.29. The highest BCUT2D eigenvalue weighted by Gasteiger charge is 2.23. The highest BCUT2D eigenvalue weighted by Crippen LogP contribution is 2.24. The maximum Gasteiger partial charge on any atom is 0.332 e. The average molecular weight is 416 g/mol. The van der Waals surface area contributed by atoms with E-state index in [0.29, 0.717) is 28.6 Å². The minimum atomic E-state index is -0.361. The summed E-state index contributed by atoms with van der Waals surface area (Å²) in [6.07, 6.45) is 5.16. The Labute approximate surface area is 172 Å². The molecule has 9 nitrogen and oxygen atoms in total. The molecule has 0 N–H and O–H groups in total. The van der Waals surface area contributed by atoms with E-state index in [1.54, 1.807) is 25.0 Å². The fraction of sp³-hybridized carbons (Fsp3) is 0.526. The molecule has 1 saturated heterocycles. The molecule has 4 rings (SSSR count). The van der Waals surface area contributed by atoms with Crippen LogP contribution in [0.4, 0.5) is 5.95 Å². The Balaban J connectivity index is 1.74. The van der Waals surface area contributed by atoms with Crippen molar-refractivity contribution in [1.82, 2.24) is 28.7 Å². The quantitative estimate of drug-likeness (QED) is 0.458. The average Bonchev–Trinajstić information content (AvgIpc) is 3.11. The van der Waals surface area contributed by atoms with Crippen molar-refractivity contribution in [1.29, 1.82) is 0 Å². The van der Waals surface area contributed by atoms with E-state index in [4.69, 9.17) is 4.98 Å². The van der Waals surface area contributed by atoms with Crippen LogP contribution in [0.3, 0.4) is 0 Å². The predicted octanol–water partition coefficient (Wildman–Crippen LogP) is 1.31. The molecule has 0 saturated carbocycles. The minimum absolute atomic E-state index is 0.310. The number of anilines is 1. The zero-order chi connectivity index (χ0) is 20.5. The second-order valence-corrected chi connectivity index (χ2v) is 8.38. The number of imidazole rings is 1. The van der Waals surface area contributed by atoms with Crippen molar-refractivity contribution in [2.75, 3.05) is 23.7 Å². The summed E-state index contributed by atoms with van der Waals surface area (Å²) in [6, 6.07) is 1.87. The number of rotatable bonds is 5. The van der Waals surface area contributed by atoms with E-state index in [1.807, 2.05) is 17.6 Å². The van der Waals surface area contributed by atoms with Crippen LogP contribution in [0.15, 0.2) is 27.0 Å². The van der Waals surface area contributed by atoms with Crippen molar-refractivity contribution in [2.45, 2.75) is 37.9 Å². The van der Waals surface area contributed by atoms with Crippen LogP contribution in [0.5, 0.6) is 0 Å². The van der Waals surface area contributed by atoms with E-state index in [1.165, 1.54) is 18.0 Å². The Morgan fingerprint density at radius 1 is 1.07 bits per heavy atom. The topological polar surface area (TPSA) is 90.8 Å². The zero-order valence-corrected chi connectivity index (χ0v) is 17.8. The molecule has 4 heterocycles. The molecule has 29 heavy (non-hydrogen) atoms. The van der Waals surface area contributed by atoms with Gasteiger partial charge >= 0.3 is 5.69 Å². The van der Waals surface area contributed by atoms with Gasteiger partial charge in [0, 0.05) is 51.4 Å². The smallest absolute Gasteiger partial charge is 0.332 e. The molecule has 0 unspecified atom stereocenters. The van der Waals surface area contributed by atoms with Crippen LogP contribution < -0.4 is 16.1 Å². The van der Waals surface area contributed by atoms with Gasteiger partial charge in [-0.25, -0.2) is 14.8 Å². The minimum Gasteiger partial charge on any atom is -0.342 e. The molecule has 0 aliphatic carbocycles. The Morgan fingerprint density at radius 3 is 2.55 bits per heavy atom. The molecular weight excluding hydrogens is 390 g/mol. The number of nitrogens with zero attached hydrogens (tertiary/aromatic N) is 7. The number of hydrogen-bond acceptors (Lipinski definition) is 7. The lowest BCUT2D eigenvalue weighted by molar-refractivity contribution is 0.558.